The van der Waals surface area contributed by atoms with Crippen LogP contribution in [0.5, 0.6) is 0 Å². The van der Waals surface area contributed by atoms with Crippen molar-refractivity contribution in [1.82, 2.24) is 10.6 Å². The van der Waals surface area contributed by atoms with Crippen LogP contribution in [0.3, 0.4) is 0 Å². The van der Waals surface area contributed by atoms with Gasteiger partial charge in [-0.3, -0.25) is 10.1 Å². The van der Waals surface area contributed by atoms with Gasteiger partial charge in [-0.25, -0.2) is 8.78 Å². The fraction of sp³-hybridized carbons (Fsp3) is 0.684. The molecule has 1 heterocycles. The molecule has 2 fully saturated rings. The fourth-order valence-electron chi connectivity index (χ4n) is 3.83. The number of hydrogen-bond acceptors (Lipinski definition) is 4. The highest BCUT2D eigenvalue weighted by Crippen LogP contribution is 2.42. The summed E-state index contributed by atoms with van der Waals surface area (Å²) in [5.74, 6) is -0.334. The number of thiophene rings is 1. The van der Waals surface area contributed by atoms with Gasteiger partial charge in [0.1, 0.15) is 11.6 Å². The van der Waals surface area contributed by atoms with Crippen LogP contribution >= 0.6 is 11.3 Å². The first-order valence-corrected chi connectivity index (χ1v) is 10.1. The van der Waals surface area contributed by atoms with Gasteiger partial charge in [0.2, 0.25) is 5.91 Å². The lowest BCUT2D eigenvalue weighted by atomic mass is 9.81. The molecule has 2 aliphatic carbocycles. The highest BCUT2D eigenvalue weighted by atomic mass is 32.1. The van der Waals surface area contributed by atoms with Gasteiger partial charge in [-0.2, -0.15) is 5.26 Å². The molecular weight excluding hydrogens is 356 g/mol. The smallest absolute Gasteiger partial charge is 0.258 e. The molecule has 1 aromatic rings. The first kappa shape index (κ1) is 19.2. The van der Waals surface area contributed by atoms with Gasteiger partial charge in [-0.15, -0.1) is 11.3 Å². The maximum Gasteiger partial charge on any atom is 0.258 e. The van der Waals surface area contributed by atoms with Gasteiger partial charge >= 0.3 is 0 Å². The standard InChI is InChI=1S/C19H25F2N3OS/c1-18(6-2-3-7-18)11-13(17(25)24-19(12-22)8-9-19)23-15(16(20)21)14-5-4-10-26-14/h4-5,10,13,15-16,23H,2-3,6-9,11H2,1H3,(H,24,25)/t13?,15-/m1/s1. The van der Waals surface area contributed by atoms with E-state index in [1.54, 1.807) is 17.5 Å². The van der Waals surface area contributed by atoms with Crippen LogP contribution in [0.1, 0.15) is 62.8 Å². The Morgan fingerprint density at radius 3 is 2.54 bits per heavy atom. The highest BCUT2D eigenvalue weighted by Gasteiger charge is 2.46. The number of carbonyl (C=O) groups excluding carboxylic acids is 1. The molecule has 0 spiro atoms. The first-order valence-electron chi connectivity index (χ1n) is 9.17. The third-order valence-electron chi connectivity index (χ3n) is 5.63. The summed E-state index contributed by atoms with van der Waals surface area (Å²) in [7, 11) is 0. The van der Waals surface area contributed by atoms with Crippen LogP contribution in [0, 0.1) is 16.7 Å². The number of nitrogens with zero attached hydrogens (tertiary/aromatic N) is 1. The topological polar surface area (TPSA) is 64.9 Å². The molecule has 2 aliphatic rings. The van der Waals surface area contributed by atoms with E-state index in [1.165, 1.54) is 11.3 Å². The molecular formula is C19H25F2N3OS. The first-order chi connectivity index (χ1) is 12.4. The Bertz CT molecular complexity index is 661. The lowest BCUT2D eigenvalue weighted by molar-refractivity contribution is -0.125. The average Bonchev–Trinajstić information content (AvgIpc) is 2.99. The molecule has 4 nitrogen and oxygen atoms in total. The largest absolute Gasteiger partial charge is 0.336 e. The Morgan fingerprint density at radius 1 is 1.35 bits per heavy atom. The van der Waals surface area contributed by atoms with Gasteiger partial charge in [-0.1, -0.05) is 25.8 Å². The maximum atomic E-state index is 13.7. The predicted octanol–water partition coefficient (Wildman–Crippen LogP) is 4.16. The second kappa shape index (κ2) is 7.61. The summed E-state index contributed by atoms with van der Waals surface area (Å²) in [5.41, 5.74) is -0.822. The van der Waals surface area contributed by atoms with Crippen molar-refractivity contribution in [3.63, 3.8) is 0 Å². The van der Waals surface area contributed by atoms with E-state index in [4.69, 9.17) is 0 Å². The number of alkyl halides is 2. The quantitative estimate of drug-likeness (QED) is 0.711. The van der Waals surface area contributed by atoms with E-state index in [0.717, 1.165) is 25.7 Å². The molecule has 1 aromatic heterocycles. The monoisotopic (exact) mass is 381 g/mol. The average molecular weight is 381 g/mol. The van der Waals surface area contributed by atoms with Gasteiger partial charge in [0, 0.05) is 4.88 Å². The maximum absolute atomic E-state index is 13.7. The second-order valence-electron chi connectivity index (χ2n) is 7.95. The van der Waals surface area contributed by atoms with E-state index in [1.807, 2.05) is 0 Å². The van der Waals surface area contributed by atoms with Crippen LogP contribution in [0.15, 0.2) is 17.5 Å². The second-order valence-corrected chi connectivity index (χ2v) is 8.93. The highest BCUT2D eigenvalue weighted by molar-refractivity contribution is 7.10. The van der Waals surface area contributed by atoms with Crippen molar-refractivity contribution < 1.29 is 13.6 Å². The number of nitriles is 1. The van der Waals surface area contributed by atoms with Crippen molar-refractivity contribution in [3.8, 4) is 6.07 Å². The molecule has 2 N–H and O–H groups in total. The lowest BCUT2D eigenvalue weighted by Gasteiger charge is -2.32. The van der Waals surface area contributed by atoms with E-state index in [2.05, 4.69) is 23.6 Å². The normalized spacial score (nSPS) is 22.6. The molecule has 0 bridgehead atoms. The van der Waals surface area contributed by atoms with E-state index < -0.39 is 24.0 Å². The minimum atomic E-state index is -2.61. The van der Waals surface area contributed by atoms with E-state index in [-0.39, 0.29) is 11.3 Å². The summed E-state index contributed by atoms with van der Waals surface area (Å²) in [5, 5.41) is 16.7. The van der Waals surface area contributed by atoms with Crippen LogP contribution in [-0.4, -0.2) is 23.9 Å². The van der Waals surface area contributed by atoms with Crippen molar-refractivity contribution >= 4 is 17.2 Å². The summed E-state index contributed by atoms with van der Waals surface area (Å²) in [6.45, 7) is 2.13. The zero-order chi connectivity index (χ0) is 18.8. The third kappa shape index (κ3) is 4.41. The van der Waals surface area contributed by atoms with Gasteiger partial charge in [0.25, 0.3) is 6.43 Å². The Hall–Kier alpha value is -1.52. The molecule has 2 atom stereocenters. The van der Waals surface area contributed by atoms with Gasteiger partial charge < -0.3 is 5.32 Å². The summed E-state index contributed by atoms with van der Waals surface area (Å²) in [6.07, 6.45) is 3.37. The molecule has 0 aliphatic heterocycles. The van der Waals surface area contributed by atoms with Crippen molar-refractivity contribution in [2.24, 2.45) is 5.41 Å². The molecule has 0 radical (unpaired) electrons. The summed E-state index contributed by atoms with van der Waals surface area (Å²) in [6, 6.07) is 3.64. The molecule has 26 heavy (non-hydrogen) atoms. The molecule has 0 aromatic carbocycles. The van der Waals surface area contributed by atoms with E-state index >= 15 is 0 Å². The Morgan fingerprint density at radius 2 is 2.04 bits per heavy atom. The van der Waals surface area contributed by atoms with Crippen LogP contribution < -0.4 is 10.6 Å². The molecule has 3 rings (SSSR count). The number of nitrogens with one attached hydrogen (secondary N) is 2. The van der Waals surface area contributed by atoms with Crippen molar-refractivity contribution in [2.45, 2.75) is 75.9 Å². The number of amides is 1. The lowest BCUT2D eigenvalue weighted by Crippen LogP contribution is -2.51. The number of halogens is 2. The number of carbonyl (C=O) groups is 1. The SMILES string of the molecule is CC1(CC(N[C@H](c2cccs2)C(F)F)C(=O)NC2(C#N)CC2)CCCC1. The minimum Gasteiger partial charge on any atom is -0.336 e. The Labute approximate surface area is 157 Å². The van der Waals surface area contributed by atoms with Crippen LogP contribution in [0.2, 0.25) is 0 Å². The molecule has 0 saturated heterocycles. The fourth-order valence-corrected chi connectivity index (χ4v) is 4.62. The van der Waals surface area contributed by atoms with E-state index in [0.29, 0.717) is 24.1 Å². The summed E-state index contributed by atoms with van der Waals surface area (Å²) >= 11 is 1.26. The van der Waals surface area contributed by atoms with Crippen molar-refractivity contribution in [2.75, 3.05) is 0 Å². The van der Waals surface area contributed by atoms with Crippen molar-refractivity contribution in [3.05, 3.63) is 22.4 Å². The minimum absolute atomic E-state index is 0.0273. The van der Waals surface area contributed by atoms with Crippen LogP contribution in [0.25, 0.3) is 0 Å². The summed E-state index contributed by atoms with van der Waals surface area (Å²) < 4.78 is 27.3. The predicted molar refractivity (Wildman–Crippen MR) is 96.9 cm³/mol. The zero-order valence-corrected chi connectivity index (χ0v) is 15.7. The number of hydrogen-bond donors (Lipinski definition) is 2. The zero-order valence-electron chi connectivity index (χ0n) is 14.9. The van der Waals surface area contributed by atoms with E-state index in [9.17, 15) is 18.8 Å². The molecule has 1 unspecified atom stereocenters. The molecule has 7 heteroatoms. The van der Waals surface area contributed by atoms with Crippen LogP contribution in [-0.2, 0) is 4.79 Å². The number of rotatable bonds is 8. The molecule has 1 amide bonds. The molecule has 2 saturated carbocycles. The van der Waals surface area contributed by atoms with Gasteiger partial charge in [0.15, 0.2) is 0 Å². The third-order valence-corrected chi connectivity index (χ3v) is 6.59. The van der Waals surface area contributed by atoms with Crippen molar-refractivity contribution in [1.29, 1.82) is 5.26 Å². The van der Waals surface area contributed by atoms with Crippen LogP contribution in [0.4, 0.5) is 8.78 Å². The Kier molecular flexibility index (Phi) is 5.64. The molecule has 142 valence electrons. The summed E-state index contributed by atoms with van der Waals surface area (Å²) in [4.78, 5) is 13.4. The Balaban J connectivity index is 1.77. The van der Waals surface area contributed by atoms with Gasteiger partial charge in [-0.05, 0) is 49.0 Å². The van der Waals surface area contributed by atoms with Gasteiger partial charge in [0.05, 0.1) is 12.1 Å².